The first kappa shape index (κ1) is 13.9. The summed E-state index contributed by atoms with van der Waals surface area (Å²) in [6.07, 6.45) is 0.253. The van der Waals surface area contributed by atoms with Crippen LogP contribution >= 0.6 is 0 Å². The first-order valence-electron chi connectivity index (χ1n) is 6.70. The van der Waals surface area contributed by atoms with Crippen LogP contribution in [0.15, 0.2) is 40.8 Å². The maximum atomic E-state index is 10.3. The molecule has 0 saturated heterocycles. The number of aliphatic hydroxyl groups excluding tert-OH is 1. The van der Waals surface area contributed by atoms with Crippen LogP contribution in [-0.2, 0) is 0 Å². The van der Waals surface area contributed by atoms with Crippen LogP contribution in [0, 0.1) is 12.3 Å². The Hall–Kier alpha value is -1.54. The first-order chi connectivity index (χ1) is 8.87. The number of aliphatic hydroxyl groups is 1. The summed E-state index contributed by atoms with van der Waals surface area (Å²) < 4.78 is 5.78. The van der Waals surface area contributed by atoms with Crippen LogP contribution < -0.4 is 0 Å². The quantitative estimate of drug-likeness (QED) is 0.863. The highest BCUT2D eigenvalue weighted by Crippen LogP contribution is 2.34. The molecule has 19 heavy (non-hydrogen) atoms. The molecule has 0 aliphatic carbocycles. The van der Waals surface area contributed by atoms with Crippen LogP contribution in [0.5, 0.6) is 0 Å². The Bertz CT molecular complexity index is 532. The first-order valence-corrected chi connectivity index (χ1v) is 6.70. The molecule has 0 spiro atoms. The van der Waals surface area contributed by atoms with E-state index in [0.717, 1.165) is 29.1 Å². The van der Waals surface area contributed by atoms with E-state index >= 15 is 0 Å². The normalized spacial score (nSPS) is 13.5. The smallest absolute Gasteiger partial charge is 0.134 e. The fourth-order valence-electron chi connectivity index (χ4n) is 2.26. The summed E-state index contributed by atoms with van der Waals surface area (Å²) in [6.45, 7) is 8.30. The fourth-order valence-corrected chi connectivity index (χ4v) is 2.26. The molecule has 1 aromatic carbocycles. The molecule has 0 aliphatic rings. The van der Waals surface area contributed by atoms with Crippen LogP contribution in [0.3, 0.4) is 0 Å². The Morgan fingerprint density at radius 2 is 1.79 bits per heavy atom. The summed E-state index contributed by atoms with van der Waals surface area (Å²) in [4.78, 5) is 0. The van der Waals surface area contributed by atoms with E-state index in [0.29, 0.717) is 0 Å². The molecular formula is C17H22O2. The van der Waals surface area contributed by atoms with Gasteiger partial charge in [0, 0.05) is 11.1 Å². The number of aryl methyl sites for hydroxylation is 1. The van der Waals surface area contributed by atoms with Crippen LogP contribution in [0.2, 0.25) is 0 Å². The second-order valence-electron chi connectivity index (χ2n) is 6.27. The molecule has 102 valence electrons. The highest BCUT2D eigenvalue weighted by Gasteiger charge is 2.22. The van der Waals surface area contributed by atoms with Crippen LogP contribution in [0.4, 0.5) is 0 Å². The van der Waals surface area contributed by atoms with Gasteiger partial charge >= 0.3 is 0 Å². The maximum Gasteiger partial charge on any atom is 0.134 e. The highest BCUT2D eigenvalue weighted by molar-refractivity contribution is 5.58. The van der Waals surface area contributed by atoms with Gasteiger partial charge in [0.15, 0.2) is 0 Å². The molecule has 2 heteroatoms. The number of hydrogen-bond donors (Lipinski definition) is 1. The molecule has 0 fully saturated rings. The van der Waals surface area contributed by atoms with Crippen LogP contribution in [0.1, 0.15) is 44.6 Å². The van der Waals surface area contributed by atoms with E-state index in [-0.39, 0.29) is 5.41 Å². The van der Waals surface area contributed by atoms with Crippen molar-refractivity contribution in [2.75, 3.05) is 0 Å². The van der Waals surface area contributed by atoms with Gasteiger partial charge in [-0.1, -0.05) is 51.1 Å². The van der Waals surface area contributed by atoms with Crippen molar-refractivity contribution in [1.29, 1.82) is 0 Å². The van der Waals surface area contributed by atoms with E-state index in [4.69, 9.17) is 4.42 Å². The monoisotopic (exact) mass is 258 g/mol. The lowest BCUT2D eigenvalue weighted by Crippen LogP contribution is -2.11. The van der Waals surface area contributed by atoms with E-state index in [1.807, 2.05) is 43.3 Å². The molecule has 0 aliphatic heterocycles. The van der Waals surface area contributed by atoms with Crippen molar-refractivity contribution in [2.45, 2.75) is 40.2 Å². The highest BCUT2D eigenvalue weighted by atomic mass is 16.3. The standard InChI is InChI=1S/C17H22O2/c1-12-14(15(18)11-17(2,3)4)10-16(19-12)13-8-6-5-7-9-13/h5-10,15,18H,11H2,1-4H3. The summed E-state index contributed by atoms with van der Waals surface area (Å²) in [7, 11) is 0. The number of rotatable bonds is 3. The van der Waals surface area contributed by atoms with Crippen molar-refractivity contribution in [3.05, 3.63) is 47.7 Å². The molecule has 1 N–H and O–H groups in total. The van der Waals surface area contributed by atoms with Crippen molar-refractivity contribution < 1.29 is 9.52 Å². The van der Waals surface area contributed by atoms with E-state index in [1.54, 1.807) is 0 Å². The summed E-state index contributed by atoms with van der Waals surface area (Å²) in [6, 6.07) is 11.9. The van der Waals surface area contributed by atoms with Gasteiger partial charge in [0.1, 0.15) is 11.5 Å². The molecule has 0 bridgehead atoms. The number of benzene rings is 1. The van der Waals surface area contributed by atoms with Crippen molar-refractivity contribution in [2.24, 2.45) is 5.41 Å². The SMILES string of the molecule is Cc1oc(-c2ccccc2)cc1C(O)CC(C)(C)C. The molecule has 1 heterocycles. The summed E-state index contributed by atoms with van der Waals surface area (Å²) >= 11 is 0. The summed E-state index contributed by atoms with van der Waals surface area (Å²) in [5.41, 5.74) is 2.03. The Kier molecular flexibility index (Phi) is 3.81. The van der Waals surface area contributed by atoms with E-state index < -0.39 is 6.10 Å². The Morgan fingerprint density at radius 1 is 1.16 bits per heavy atom. The van der Waals surface area contributed by atoms with Crippen molar-refractivity contribution >= 4 is 0 Å². The van der Waals surface area contributed by atoms with Gasteiger partial charge in [0.25, 0.3) is 0 Å². The average Bonchev–Trinajstić information content (AvgIpc) is 2.70. The molecule has 1 aromatic heterocycles. The zero-order chi connectivity index (χ0) is 14.0. The molecule has 0 amide bonds. The minimum Gasteiger partial charge on any atom is -0.461 e. The zero-order valence-electron chi connectivity index (χ0n) is 12.1. The van der Waals surface area contributed by atoms with E-state index in [9.17, 15) is 5.11 Å². The lowest BCUT2D eigenvalue weighted by atomic mass is 9.87. The number of hydrogen-bond acceptors (Lipinski definition) is 2. The Balaban J connectivity index is 2.27. The Morgan fingerprint density at radius 3 is 2.37 bits per heavy atom. The van der Waals surface area contributed by atoms with E-state index in [1.165, 1.54) is 0 Å². The molecule has 2 aromatic rings. The Labute approximate surface area is 115 Å². The van der Waals surface area contributed by atoms with Gasteiger partial charge in [0.2, 0.25) is 0 Å². The molecular weight excluding hydrogens is 236 g/mol. The molecule has 2 rings (SSSR count). The molecule has 2 nitrogen and oxygen atoms in total. The summed E-state index contributed by atoms with van der Waals surface area (Å²) in [5, 5.41) is 10.3. The minimum absolute atomic E-state index is 0.0933. The summed E-state index contributed by atoms with van der Waals surface area (Å²) in [5.74, 6) is 1.62. The third-order valence-electron chi connectivity index (χ3n) is 3.18. The molecule has 0 saturated carbocycles. The predicted molar refractivity (Wildman–Crippen MR) is 77.9 cm³/mol. The second-order valence-corrected chi connectivity index (χ2v) is 6.27. The van der Waals surface area contributed by atoms with Crippen LogP contribution in [-0.4, -0.2) is 5.11 Å². The number of furan rings is 1. The predicted octanol–water partition coefficient (Wildman–Crippen LogP) is 4.72. The van der Waals surface area contributed by atoms with Gasteiger partial charge in [0.05, 0.1) is 6.10 Å². The van der Waals surface area contributed by atoms with Gasteiger partial charge in [-0.05, 0) is 24.8 Å². The van der Waals surface area contributed by atoms with Crippen molar-refractivity contribution in [3.63, 3.8) is 0 Å². The lowest BCUT2D eigenvalue weighted by molar-refractivity contribution is 0.121. The van der Waals surface area contributed by atoms with Gasteiger partial charge in [-0.25, -0.2) is 0 Å². The van der Waals surface area contributed by atoms with Crippen molar-refractivity contribution in [1.82, 2.24) is 0 Å². The van der Waals surface area contributed by atoms with Gasteiger partial charge < -0.3 is 9.52 Å². The third kappa shape index (κ3) is 3.48. The van der Waals surface area contributed by atoms with Gasteiger partial charge in [-0.3, -0.25) is 0 Å². The zero-order valence-corrected chi connectivity index (χ0v) is 12.1. The lowest BCUT2D eigenvalue weighted by Gasteiger charge is -2.21. The van der Waals surface area contributed by atoms with Crippen LogP contribution in [0.25, 0.3) is 11.3 Å². The largest absolute Gasteiger partial charge is 0.461 e. The molecule has 1 unspecified atom stereocenters. The van der Waals surface area contributed by atoms with Gasteiger partial charge in [-0.2, -0.15) is 0 Å². The van der Waals surface area contributed by atoms with Crippen molar-refractivity contribution in [3.8, 4) is 11.3 Å². The fraction of sp³-hybridized carbons (Fsp3) is 0.412. The second kappa shape index (κ2) is 5.22. The molecule has 1 atom stereocenters. The molecule has 0 radical (unpaired) electrons. The third-order valence-corrected chi connectivity index (χ3v) is 3.18. The minimum atomic E-state index is -0.471. The topological polar surface area (TPSA) is 33.4 Å². The van der Waals surface area contributed by atoms with Gasteiger partial charge in [-0.15, -0.1) is 0 Å². The van der Waals surface area contributed by atoms with E-state index in [2.05, 4.69) is 20.8 Å². The maximum absolute atomic E-state index is 10.3. The average molecular weight is 258 g/mol.